The molecule has 5 rings (SSSR count). The van der Waals surface area contributed by atoms with Gasteiger partial charge in [0.25, 0.3) is 5.91 Å². The lowest BCUT2D eigenvalue weighted by molar-refractivity contribution is -0.118. The lowest BCUT2D eigenvalue weighted by Gasteiger charge is -2.18. The highest BCUT2D eigenvalue weighted by molar-refractivity contribution is 8.00. The minimum Gasteiger partial charge on any atom is -0.484 e. The third kappa shape index (κ3) is 8.30. The molecule has 2 amide bonds. The molecule has 228 valence electrons. The summed E-state index contributed by atoms with van der Waals surface area (Å²) in [6.07, 6.45) is 6.08. The smallest absolute Gasteiger partial charge is 0.341 e. The second kappa shape index (κ2) is 15.6. The van der Waals surface area contributed by atoms with Crippen LogP contribution in [-0.4, -0.2) is 31.0 Å². The van der Waals surface area contributed by atoms with Crippen molar-refractivity contribution in [2.45, 2.75) is 55.6 Å². The van der Waals surface area contributed by atoms with Crippen LogP contribution in [0.25, 0.3) is 0 Å². The van der Waals surface area contributed by atoms with Gasteiger partial charge in [-0.2, -0.15) is 0 Å². The second-order valence-corrected chi connectivity index (χ2v) is 12.7. The van der Waals surface area contributed by atoms with Crippen LogP contribution in [0.15, 0.2) is 89.8 Å². The van der Waals surface area contributed by atoms with Gasteiger partial charge in [0.15, 0.2) is 6.61 Å². The van der Waals surface area contributed by atoms with Gasteiger partial charge in [-0.1, -0.05) is 67.4 Å². The van der Waals surface area contributed by atoms with Crippen LogP contribution in [0, 0.1) is 0 Å². The zero-order valence-corrected chi connectivity index (χ0v) is 26.3. The van der Waals surface area contributed by atoms with Gasteiger partial charge in [0.05, 0.1) is 12.2 Å². The molecule has 1 heterocycles. The maximum absolute atomic E-state index is 14.0. The highest BCUT2D eigenvalue weighted by Gasteiger charge is 2.29. The number of esters is 1. The molecule has 1 atom stereocenters. The lowest BCUT2D eigenvalue weighted by Crippen LogP contribution is -2.21. The first kappa shape index (κ1) is 31.3. The standard InChI is InChI=1S/C35H36N2O5S2/c1-2-41-35(40)31-28-20-11-3-4-12-21-29(28)44-34(31)37-33(39)32(24-14-7-5-8-15-24)43-27-19-13-16-25(22-27)36-30(38)23-42-26-17-9-6-10-18-26/h5-10,13-19,22,32H,2-4,11-12,20-21,23H2,1H3,(H,36,38)(H,37,39). The van der Waals surface area contributed by atoms with Crippen molar-refractivity contribution in [3.8, 4) is 5.75 Å². The quantitative estimate of drug-likeness (QED) is 0.129. The molecule has 0 aliphatic heterocycles. The molecule has 0 saturated heterocycles. The van der Waals surface area contributed by atoms with Gasteiger partial charge in [-0.3, -0.25) is 9.59 Å². The van der Waals surface area contributed by atoms with Gasteiger partial charge in [-0.05, 0) is 74.1 Å². The Hall–Kier alpha value is -4.08. The number of anilines is 2. The number of nitrogens with one attached hydrogen (secondary N) is 2. The molecule has 7 nitrogen and oxygen atoms in total. The number of hydrogen-bond acceptors (Lipinski definition) is 7. The average molecular weight is 629 g/mol. The Kier molecular flexibility index (Phi) is 11.1. The van der Waals surface area contributed by atoms with E-state index in [2.05, 4.69) is 10.6 Å². The second-order valence-electron chi connectivity index (χ2n) is 10.4. The summed E-state index contributed by atoms with van der Waals surface area (Å²) in [6.45, 7) is 1.94. The van der Waals surface area contributed by atoms with Crippen molar-refractivity contribution in [2.24, 2.45) is 0 Å². The Labute approximate surface area is 266 Å². The molecule has 44 heavy (non-hydrogen) atoms. The van der Waals surface area contributed by atoms with Gasteiger partial charge < -0.3 is 20.1 Å². The van der Waals surface area contributed by atoms with Crippen LogP contribution >= 0.6 is 23.1 Å². The van der Waals surface area contributed by atoms with Gasteiger partial charge in [-0.15, -0.1) is 23.1 Å². The summed E-state index contributed by atoms with van der Waals surface area (Å²) in [5, 5.41) is 5.94. The fourth-order valence-corrected chi connectivity index (χ4v) is 7.51. The monoisotopic (exact) mass is 628 g/mol. The van der Waals surface area contributed by atoms with Crippen LogP contribution in [0.2, 0.25) is 0 Å². The van der Waals surface area contributed by atoms with E-state index in [1.165, 1.54) is 29.5 Å². The summed E-state index contributed by atoms with van der Waals surface area (Å²) in [4.78, 5) is 41.7. The first-order valence-corrected chi connectivity index (χ1v) is 16.6. The van der Waals surface area contributed by atoms with E-state index in [9.17, 15) is 14.4 Å². The Balaban J connectivity index is 1.35. The Morgan fingerprint density at radius 1 is 0.864 bits per heavy atom. The van der Waals surface area contributed by atoms with Crippen molar-refractivity contribution in [1.29, 1.82) is 0 Å². The van der Waals surface area contributed by atoms with Crippen molar-refractivity contribution in [2.75, 3.05) is 23.8 Å². The molecule has 1 aliphatic carbocycles. The summed E-state index contributed by atoms with van der Waals surface area (Å²) < 4.78 is 11.0. The first-order chi connectivity index (χ1) is 21.5. The molecule has 1 aromatic heterocycles. The summed E-state index contributed by atoms with van der Waals surface area (Å²) in [5.74, 6) is -0.281. The van der Waals surface area contributed by atoms with Crippen LogP contribution in [0.5, 0.6) is 5.75 Å². The first-order valence-electron chi connectivity index (χ1n) is 14.9. The SMILES string of the molecule is CCOC(=O)c1c(NC(=O)C(Sc2cccc(NC(=O)COc3ccccc3)c2)c2ccccc2)sc2c1CCCCCC2. The summed E-state index contributed by atoms with van der Waals surface area (Å²) in [5.41, 5.74) is 2.95. The number of fused-ring (bicyclic) bond motifs is 1. The van der Waals surface area contributed by atoms with Crippen LogP contribution in [-0.2, 0) is 27.2 Å². The number of aryl methyl sites for hydroxylation is 1. The number of rotatable bonds is 11. The lowest BCUT2D eigenvalue weighted by atomic mass is 9.96. The van der Waals surface area contributed by atoms with Crippen molar-refractivity contribution in [3.05, 3.63) is 106 Å². The number of carbonyl (C=O) groups excluding carboxylic acids is 3. The summed E-state index contributed by atoms with van der Waals surface area (Å²) in [7, 11) is 0. The Morgan fingerprint density at radius 2 is 1.59 bits per heavy atom. The molecule has 2 N–H and O–H groups in total. The fraction of sp³-hybridized carbons (Fsp3) is 0.286. The maximum atomic E-state index is 14.0. The molecular weight excluding hydrogens is 593 g/mol. The highest BCUT2D eigenvalue weighted by Crippen LogP contribution is 2.41. The number of thiophene rings is 1. The molecule has 0 bridgehead atoms. The summed E-state index contributed by atoms with van der Waals surface area (Å²) >= 11 is 2.88. The number of benzene rings is 3. The fourth-order valence-electron chi connectivity index (χ4n) is 5.15. The molecule has 0 spiro atoms. The number of amides is 2. The number of para-hydroxylation sites is 1. The van der Waals surface area contributed by atoms with Crippen LogP contribution < -0.4 is 15.4 Å². The average Bonchev–Trinajstić information content (AvgIpc) is 3.35. The number of carbonyl (C=O) groups is 3. The van der Waals surface area contributed by atoms with Crippen molar-refractivity contribution >= 4 is 51.6 Å². The van der Waals surface area contributed by atoms with Crippen molar-refractivity contribution in [1.82, 2.24) is 0 Å². The van der Waals surface area contributed by atoms with E-state index in [-0.39, 0.29) is 31.0 Å². The normalized spacial score (nSPS) is 13.5. The van der Waals surface area contributed by atoms with E-state index in [1.807, 2.05) is 66.7 Å². The van der Waals surface area contributed by atoms with Gasteiger partial charge in [-0.25, -0.2) is 4.79 Å². The number of ether oxygens (including phenoxy) is 2. The van der Waals surface area contributed by atoms with Crippen molar-refractivity contribution < 1.29 is 23.9 Å². The van der Waals surface area contributed by atoms with E-state index in [4.69, 9.17) is 9.47 Å². The molecule has 0 fully saturated rings. The van der Waals surface area contributed by atoms with Crippen LogP contribution in [0.4, 0.5) is 10.7 Å². The van der Waals surface area contributed by atoms with E-state index in [1.54, 1.807) is 25.1 Å². The third-order valence-corrected chi connectivity index (χ3v) is 9.67. The zero-order chi connectivity index (χ0) is 30.7. The Morgan fingerprint density at radius 3 is 2.34 bits per heavy atom. The van der Waals surface area contributed by atoms with E-state index < -0.39 is 5.25 Å². The topological polar surface area (TPSA) is 93.7 Å². The molecule has 1 unspecified atom stereocenters. The molecule has 0 saturated carbocycles. The van der Waals surface area contributed by atoms with E-state index in [0.29, 0.717) is 22.0 Å². The van der Waals surface area contributed by atoms with Gasteiger partial charge in [0.2, 0.25) is 5.91 Å². The number of hydrogen-bond donors (Lipinski definition) is 2. The minimum atomic E-state index is -0.608. The largest absolute Gasteiger partial charge is 0.484 e. The molecule has 0 radical (unpaired) electrons. The van der Waals surface area contributed by atoms with Gasteiger partial charge in [0.1, 0.15) is 16.0 Å². The van der Waals surface area contributed by atoms with Gasteiger partial charge >= 0.3 is 5.97 Å². The predicted octanol–water partition coefficient (Wildman–Crippen LogP) is 8.07. The highest BCUT2D eigenvalue weighted by atomic mass is 32.2. The molecule has 3 aromatic carbocycles. The molecule has 9 heteroatoms. The zero-order valence-electron chi connectivity index (χ0n) is 24.7. The Bertz CT molecular complexity index is 1570. The maximum Gasteiger partial charge on any atom is 0.341 e. The molecule has 1 aliphatic rings. The van der Waals surface area contributed by atoms with E-state index >= 15 is 0 Å². The molecule has 4 aromatic rings. The van der Waals surface area contributed by atoms with Crippen LogP contribution in [0.1, 0.15) is 64.2 Å². The van der Waals surface area contributed by atoms with E-state index in [0.717, 1.165) is 53.0 Å². The van der Waals surface area contributed by atoms with Crippen LogP contribution in [0.3, 0.4) is 0 Å². The third-order valence-electron chi connectivity index (χ3n) is 7.21. The minimum absolute atomic E-state index is 0.121. The molecular formula is C35H36N2O5S2. The summed E-state index contributed by atoms with van der Waals surface area (Å²) in [6, 6.07) is 26.1. The predicted molar refractivity (Wildman–Crippen MR) is 177 cm³/mol. The number of thioether (sulfide) groups is 1. The van der Waals surface area contributed by atoms with Gasteiger partial charge in [0, 0.05) is 15.5 Å². The van der Waals surface area contributed by atoms with Crippen molar-refractivity contribution in [3.63, 3.8) is 0 Å².